The number of anilines is 2. The van der Waals surface area contributed by atoms with Crippen molar-refractivity contribution >= 4 is 21.8 Å². The Labute approximate surface area is 157 Å². The van der Waals surface area contributed by atoms with Crippen LogP contribution in [0.5, 0.6) is 0 Å². The van der Waals surface area contributed by atoms with Gasteiger partial charge in [0.15, 0.2) is 0 Å². The number of sulfonamides is 1. The fourth-order valence-corrected chi connectivity index (χ4v) is 4.79. The highest BCUT2D eigenvalue weighted by Gasteiger charge is 2.34. The number of piperazine rings is 1. The lowest BCUT2D eigenvalue weighted by atomic mass is 10.3. The summed E-state index contributed by atoms with van der Waals surface area (Å²) in [4.78, 5) is 13.2. The summed E-state index contributed by atoms with van der Waals surface area (Å²) in [6.07, 6.45) is -3.57. The van der Waals surface area contributed by atoms with E-state index in [0.717, 1.165) is 41.7 Å². The highest BCUT2D eigenvalue weighted by Crippen LogP contribution is 2.24. The molecule has 0 aliphatic carbocycles. The molecular weight excluding hydrogens is 383 g/mol. The molecule has 0 amide bonds. The summed E-state index contributed by atoms with van der Waals surface area (Å²) in [5.74, 6) is 0.516. The van der Waals surface area contributed by atoms with E-state index in [2.05, 4.69) is 14.9 Å². The van der Waals surface area contributed by atoms with Crippen LogP contribution in [0.4, 0.5) is 24.9 Å². The molecule has 0 bridgehead atoms. The van der Waals surface area contributed by atoms with Crippen molar-refractivity contribution in [2.24, 2.45) is 0 Å². The summed E-state index contributed by atoms with van der Waals surface area (Å²) >= 11 is 0. The van der Waals surface area contributed by atoms with Crippen LogP contribution >= 0.6 is 0 Å². The van der Waals surface area contributed by atoms with Crippen molar-refractivity contribution < 1.29 is 21.6 Å². The molecule has 1 aromatic heterocycles. The number of alkyl halides is 3. The molecule has 11 heteroatoms. The van der Waals surface area contributed by atoms with Gasteiger partial charge in [-0.25, -0.2) is 13.4 Å². The molecule has 152 valence electrons. The van der Waals surface area contributed by atoms with Crippen LogP contribution in [0, 0.1) is 6.92 Å². The summed E-state index contributed by atoms with van der Waals surface area (Å²) in [7, 11) is -3.91. The number of aryl methyl sites for hydroxylation is 1. The van der Waals surface area contributed by atoms with Crippen LogP contribution in [0.3, 0.4) is 0 Å². The Bertz CT molecular complexity index is 758. The predicted molar refractivity (Wildman–Crippen MR) is 96.5 cm³/mol. The SMILES string of the molecule is Cc1cc(N2CCN(S(=O)(=O)CCC(F)(F)F)CC2)nc(N2CCCC2)n1. The van der Waals surface area contributed by atoms with Crippen molar-refractivity contribution in [3.05, 3.63) is 11.8 Å². The van der Waals surface area contributed by atoms with Gasteiger partial charge in [-0.05, 0) is 19.8 Å². The lowest BCUT2D eigenvalue weighted by Gasteiger charge is -2.35. The third kappa shape index (κ3) is 5.22. The molecule has 1 aromatic rings. The Morgan fingerprint density at radius 1 is 1.00 bits per heavy atom. The molecule has 0 aromatic carbocycles. The maximum atomic E-state index is 12.3. The average Bonchev–Trinajstić information content (AvgIpc) is 3.14. The third-order valence-electron chi connectivity index (χ3n) is 4.82. The van der Waals surface area contributed by atoms with Crippen LogP contribution < -0.4 is 9.80 Å². The molecule has 0 radical (unpaired) electrons. The first-order valence-electron chi connectivity index (χ1n) is 9.04. The number of aromatic nitrogens is 2. The normalized spacial score (nSPS) is 19.7. The first-order valence-corrected chi connectivity index (χ1v) is 10.7. The lowest BCUT2D eigenvalue weighted by molar-refractivity contribution is -0.130. The van der Waals surface area contributed by atoms with E-state index in [4.69, 9.17) is 0 Å². The first-order chi connectivity index (χ1) is 12.6. The summed E-state index contributed by atoms with van der Waals surface area (Å²) < 4.78 is 62.4. The molecule has 7 nitrogen and oxygen atoms in total. The van der Waals surface area contributed by atoms with E-state index < -0.39 is 28.4 Å². The van der Waals surface area contributed by atoms with Crippen LogP contribution in [0.25, 0.3) is 0 Å². The number of hydrogen-bond acceptors (Lipinski definition) is 6. The maximum absolute atomic E-state index is 12.3. The second-order valence-electron chi connectivity index (χ2n) is 6.93. The molecule has 0 spiro atoms. The van der Waals surface area contributed by atoms with Crippen molar-refractivity contribution in [3.63, 3.8) is 0 Å². The van der Waals surface area contributed by atoms with E-state index in [0.29, 0.717) is 19.0 Å². The molecular formula is C16H24F3N5O2S. The monoisotopic (exact) mass is 407 g/mol. The van der Waals surface area contributed by atoms with E-state index in [1.54, 1.807) is 0 Å². The van der Waals surface area contributed by atoms with Gasteiger partial charge in [0.1, 0.15) is 5.82 Å². The van der Waals surface area contributed by atoms with Crippen molar-refractivity contribution in [2.45, 2.75) is 32.4 Å². The van der Waals surface area contributed by atoms with Crippen molar-refractivity contribution in [2.75, 3.05) is 54.8 Å². The highest BCUT2D eigenvalue weighted by atomic mass is 32.2. The second kappa shape index (κ2) is 7.78. The van der Waals surface area contributed by atoms with Gasteiger partial charge in [-0.3, -0.25) is 0 Å². The summed E-state index contributed by atoms with van der Waals surface area (Å²) in [5.41, 5.74) is 0.835. The minimum atomic E-state index is -4.47. The standard InChI is InChI=1S/C16H24F3N5O2S/c1-13-12-14(21-15(20-13)23-5-2-3-6-23)22-7-9-24(10-8-22)27(25,26)11-4-16(17,18)19/h12H,2-11H2,1H3. The lowest BCUT2D eigenvalue weighted by Crippen LogP contribution is -2.49. The first kappa shape index (κ1) is 20.1. The van der Waals surface area contributed by atoms with Crippen molar-refractivity contribution in [1.82, 2.24) is 14.3 Å². The van der Waals surface area contributed by atoms with Gasteiger partial charge < -0.3 is 9.80 Å². The van der Waals surface area contributed by atoms with Crippen molar-refractivity contribution in [3.8, 4) is 0 Å². The zero-order valence-electron chi connectivity index (χ0n) is 15.2. The minimum absolute atomic E-state index is 0.155. The molecule has 0 saturated carbocycles. The quantitative estimate of drug-likeness (QED) is 0.741. The number of halogens is 3. The van der Waals surface area contributed by atoms with Gasteiger partial charge in [-0.2, -0.15) is 22.5 Å². The van der Waals surface area contributed by atoms with E-state index >= 15 is 0 Å². The van der Waals surface area contributed by atoms with Gasteiger partial charge in [-0.1, -0.05) is 0 Å². The predicted octanol–water partition coefficient (Wildman–Crippen LogP) is 1.79. The zero-order valence-corrected chi connectivity index (χ0v) is 16.1. The molecule has 3 heterocycles. The van der Waals surface area contributed by atoms with Gasteiger partial charge in [0.25, 0.3) is 0 Å². The molecule has 0 atom stereocenters. The molecule has 0 N–H and O–H groups in total. The smallest absolute Gasteiger partial charge is 0.354 e. The molecule has 2 saturated heterocycles. The largest absolute Gasteiger partial charge is 0.390 e. The van der Waals surface area contributed by atoms with Crippen LogP contribution in [0.2, 0.25) is 0 Å². The molecule has 2 fully saturated rings. The Morgan fingerprint density at radius 3 is 2.22 bits per heavy atom. The Morgan fingerprint density at radius 2 is 1.63 bits per heavy atom. The highest BCUT2D eigenvalue weighted by molar-refractivity contribution is 7.89. The van der Waals surface area contributed by atoms with E-state index in [1.807, 2.05) is 17.9 Å². The fourth-order valence-electron chi connectivity index (χ4n) is 3.33. The van der Waals surface area contributed by atoms with Crippen LogP contribution in [0.1, 0.15) is 25.0 Å². The molecule has 2 aliphatic heterocycles. The van der Waals surface area contributed by atoms with Crippen LogP contribution in [-0.2, 0) is 10.0 Å². The zero-order chi connectivity index (χ0) is 19.7. The van der Waals surface area contributed by atoms with E-state index in [1.165, 1.54) is 0 Å². The third-order valence-corrected chi connectivity index (χ3v) is 6.69. The minimum Gasteiger partial charge on any atom is -0.354 e. The maximum Gasteiger partial charge on any atom is 0.390 e. The Balaban J connectivity index is 1.63. The van der Waals surface area contributed by atoms with Gasteiger partial charge >= 0.3 is 6.18 Å². The second-order valence-corrected chi connectivity index (χ2v) is 9.02. The van der Waals surface area contributed by atoms with E-state index in [9.17, 15) is 21.6 Å². The molecule has 2 aliphatic rings. The summed E-state index contributed by atoms with van der Waals surface area (Å²) in [5, 5.41) is 0. The number of hydrogen-bond donors (Lipinski definition) is 0. The average molecular weight is 407 g/mol. The van der Waals surface area contributed by atoms with Crippen LogP contribution in [0.15, 0.2) is 6.07 Å². The summed E-state index contributed by atoms with van der Waals surface area (Å²) in [6, 6.07) is 1.85. The Kier molecular flexibility index (Phi) is 5.80. The molecule has 27 heavy (non-hydrogen) atoms. The van der Waals surface area contributed by atoms with Crippen molar-refractivity contribution in [1.29, 1.82) is 0 Å². The molecule has 0 unspecified atom stereocenters. The number of rotatable bonds is 5. The van der Waals surface area contributed by atoms with Crippen LogP contribution in [-0.4, -0.2) is 73.9 Å². The van der Waals surface area contributed by atoms with Gasteiger partial charge in [0.2, 0.25) is 16.0 Å². The topological polar surface area (TPSA) is 69.6 Å². The molecule has 3 rings (SSSR count). The fraction of sp³-hybridized carbons (Fsp3) is 0.750. The summed E-state index contributed by atoms with van der Waals surface area (Å²) in [6.45, 7) is 4.83. The van der Waals surface area contributed by atoms with Gasteiger partial charge in [0.05, 0.1) is 12.2 Å². The van der Waals surface area contributed by atoms with Gasteiger partial charge in [-0.15, -0.1) is 0 Å². The van der Waals surface area contributed by atoms with Gasteiger partial charge in [0, 0.05) is 51.0 Å². The Hall–Kier alpha value is -1.62. The van der Waals surface area contributed by atoms with E-state index in [-0.39, 0.29) is 13.1 Å². The number of nitrogens with zero attached hydrogens (tertiary/aromatic N) is 5.